The number of benzene rings is 1. The molecule has 0 radical (unpaired) electrons. The Morgan fingerprint density at radius 1 is 1.29 bits per heavy atom. The summed E-state index contributed by atoms with van der Waals surface area (Å²) in [5.41, 5.74) is 1.02. The van der Waals surface area contributed by atoms with E-state index < -0.39 is 0 Å². The van der Waals surface area contributed by atoms with Gasteiger partial charge in [-0.1, -0.05) is 30.3 Å². The number of rotatable bonds is 6. The van der Waals surface area contributed by atoms with Crippen LogP contribution in [0, 0.1) is 0 Å². The van der Waals surface area contributed by atoms with Crippen molar-refractivity contribution in [2.45, 2.75) is 42.9 Å². The van der Waals surface area contributed by atoms with Crippen molar-refractivity contribution in [2.75, 3.05) is 19.9 Å². The van der Waals surface area contributed by atoms with E-state index in [4.69, 9.17) is 4.74 Å². The third-order valence-corrected chi connectivity index (χ3v) is 5.44. The summed E-state index contributed by atoms with van der Waals surface area (Å²) in [5.74, 6) is -0.374. The Morgan fingerprint density at radius 2 is 1.95 bits per heavy atom. The van der Waals surface area contributed by atoms with Crippen LogP contribution in [0.25, 0.3) is 0 Å². The van der Waals surface area contributed by atoms with Crippen molar-refractivity contribution in [1.82, 2.24) is 5.32 Å². The van der Waals surface area contributed by atoms with Gasteiger partial charge in [0.2, 0.25) is 0 Å². The van der Waals surface area contributed by atoms with E-state index in [1.165, 1.54) is 32.8 Å². The number of ether oxygens (including phenoxy) is 1. The van der Waals surface area contributed by atoms with Crippen molar-refractivity contribution in [2.24, 2.45) is 0 Å². The van der Waals surface area contributed by atoms with Crippen molar-refractivity contribution in [3.8, 4) is 0 Å². The number of carbonyl (C=O) groups is 1. The number of nitrogens with one attached hydrogen (secondary N) is 1. The van der Waals surface area contributed by atoms with Gasteiger partial charge in [0.25, 0.3) is 0 Å². The molecule has 0 heterocycles. The topological polar surface area (TPSA) is 38.3 Å². The molecular weight excluding hydrogens is 282 g/mol. The van der Waals surface area contributed by atoms with E-state index in [9.17, 15) is 4.79 Å². The highest BCUT2D eigenvalue weighted by Crippen LogP contribution is 2.27. The highest BCUT2D eigenvalue weighted by atomic mass is 32.2. The van der Waals surface area contributed by atoms with Crippen molar-refractivity contribution in [3.05, 3.63) is 35.9 Å². The molecule has 3 nitrogen and oxygen atoms in total. The van der Waals surface area contributed by atoms with Crippen molar-refractivity contribution < 1.29 is 9.53 Å². The summed E-state index contributed by atoms with van der Waals surface area (Å²) in [6, 6.07) is 10.4. The van der Waals surface area contributed by atoms with Gasteiger partial charge < -0.3 is 10.1 Å². The van der Waals surface area contributed by atoms with Gasteiger partial charge in [-0.05, 0) is 37.5 Å². The van der Waals surface area contributed by atoms with E-state index in [0.717, 1.165) is 10.8 Å². The van der Waals surface area contributed by atoms with Crippen LogP contribution in [0.3, 0.4) is 0 Å². The molecule has 1 saturated carbocycles. The van der Waals surface area contributed by atoms with Gasteiger partial charge in [0.05, 0.1) is 13.0 Å². The lowest BCUT2D eigenvalue weighted by atomic mass is 9.93. The van der Waals surface area contributed by atoms with Crippen LogP contribution in [0.15, 0.2) is 30.3 Å². The van der Waals surface area contributed by atoms with Crippen molar-refractivity contribution >= 4 is 17.7 Å². The lowest BCUT2D eigenvalue weighted by Gasteiger charge is -2.29. The monoisotopic (exact) mass is 307 g/mol. The van der Waals surface area contributed by atoms with Gasteiger partial charge >= 0.3 is 5.97 Å². The van der Waals surface area contributed by atoms with Crippen LogP contribution in [-0.4, -0.2) is 37.2 Å². The molecule has 1 atom stereocenters. The molecule has 4 heteroatoms. The molecule has 1 unspecified atom stereocenters. The maximum absolute atomic E-state index is 12.0. The first-order valence-corrected chi connectivity index (χ1v) is 8.92. The van der Waals surface area contributed by atoms with Crippen LogP contribution in [0.2, 0.25) is 0 Å². The first-order chi connectivity index (χ1) is 10.2. The van der Waals surface area contributed by atoms with E-state index in [1.54, 1.807) is 0 Å². The molecule has 0 saturated heterocycles. The molecule has 1 aliphatic carbocycles. The molecule has 0 spiro atoms. The Kier molecular flexibility index (Phi) is 6.58. The second kappa shape index (κ2) is 8.44. The highest BCUT2D eigenvalue weighted by molar-refractivity contribution is 7.99. The average molecular weight is 307 g/mol. The summed E-state index contributed by atoms with van der Waals surface area (Å²) in [5, 5.41) is 4.38. The lowest BCUT2D eigenvalue weighted by Crippen LogP contribution is -2.38. The normalized spacial score (nSPS) is 23.5. The fourth-order valence-corrected chi connectivity index (χ4v) is 3.70. The Labute approximate surface area is 131 Å². The van der Waals surface area contributed by atoms with Crippen LogP contribution < -0.4 is 5.32 Å². The van der Waals surface area contributed by atoms with Crippen LogP contribution in [0.1, 0.15) is 37.2 Å². The largest absolute Gasteiger partial charge is 0.469 e. The zero-order valence-electron chi connectivity index (χ0n) is 12.9. The molecule has 2 rings (SSSR count). The van der Waals surface area contributed by atoms with Crippen LogP contribution >= 0.6 is 11.8 Å². The summed E-state index contributed by atoms with van der Waals surface area (Å²) >= 11 is 1.98. The first-order valence-electron chi connectivity index (χ1n) is 7.63. The van der Waals surface area contributed by atoms with Crippen molar-refractivity contribution in [3.63, 3.8) is 0 Å². The van der Waals surface area contributed by atoms with Crippen LogP contribution in [0.5, 0.6) is 0 Å². The molecule has 0 aromatic heterocycles. The maximum atomic E-state index is 12.0. The Bertz CT molecular complexity index is 430. The third kappa shape index (κ3) is 4.75. The second-order valence-electron chi connectivity index (χ2n) is 5.60. The number of carbonyl (C=O) groups excluding carboxylic acids is 1. The molecule has 1 aliphatic rings. The summed E-state index contributed by atoms with van der Waals surface area (Å²) in [6.45, 7) is 0.658. The molecule has 1 aromatic rings. The second-order valence-corrected chi connectivity index (χ2v) is 6.74. The van der Waals surface area contributed by atoms with Gasteiger partial charge in [0.15, 0.2) is 0 Å². The SMILES string of the molecule is COC(=O)C(CNC1CCC(SC)CC1)c1ccccc1. The van der Waals surface area contributed by atoms with E-state index in [2.05, 4.69) is 11.6 Å². The smallest absolute Gasteiger partial charge is 0.314 e. The van der Waals surface area contributed by atoms with Gasteiger partial charge in [-0.25, -0.2) is 0 Å². The quantitative estimate of drug-likeness (QED) is 0.819. The van der Waals surface area contributed by atoms with E-state index in [-0.39, 0.29) is 11.9 Å². The molecule has 21 heavy (non-hydrogen) atoms. The molecule has 0 aliphatic heterocycles. The third-order valence-electron chi connectivity index (χ3n) is 4.31. The van der Waals surface area contributed by atoms with Gasteiger partial charge in [-0.15, -0.1) is 0 Å². The molecule has 1 aromatic carbocycles. The molecular formula is C17H25NO2S. The standard InChI is InChI=1S/C17H25NO2S/c1-20-17(19)16(13-6-4-3-5-7-13)12-18-14-8-10-15(21-2)11-9-14/h3-7,14-16,18H,8-12H2,1-2H3. The zero-order chi connectivity index (χ0) is 15.1. The van der Waals surface area contributed by atoms with Crippen LogP contribution in [-0.2, 0) is 9.53 Å². The summed E-state index contributed by atoms with van der Waals surface area (Å²) in [6.07, 6.45) is 7.14. The lowest BCUT2D eigenvalue weighted by molar-refractivity contribution is -0.142. The van der Waals surface area contributed by atoms with Gasteiger partial charge in [-0.2, -0.15) is 11.8 Å². The Balaban J connectivity index is 1.90. The fraction of sp³-hybridized carbons (Fsp3) is 0.588. The highest BCUT2D eigenvalue weighted by Gasteiger charge is 2.24. The minimum atomic E-state index is -0.213. The average Bonchev–Trinajstić information content (AvgIpc) is 2.56. The molecule has 116 valence electrons. The number of thioether (sulfide) groups is 1. The van der Waals surface area contributed by atoms with E-state index in [0.29, 0.717) is 12.6 Å². The minimum Gasteiger partial charge on any atom is -0.469 e. The maximum Gasteiger partial charge on any atom is 0.314 e. The predicted octanol–water partition coefficient (Wildman–Crippen LogP) is 3.21. The van der Waals surface area contributed by atoms with Gasteiger partial charge in [-0.3, -0.25) is 4.79 Å². The number of methoxy groups -OCH3 is 1. The zero-order valence-corrected chi connectivity index (χ0v) is 13.7. The van der Waals surface area contributed by atoms with Crippen molar-refractivity contribution in [1.29, 1.82) is 0 Å². The number of hydrogen-bond donors (Lipinski definition) is 1. The number of esters is 1. The molecule has 0 bridgehead atoms. The van der Waals surface area contributed by atoms with E-state index in [1.807, 2.05) is 42.1 Å². The Morgan fingerprint density at radius 3 is 2.52 bits per heavy atom. The fourth-order valence-electron chi connectivity index (χ4n) is 2.95. The molecule has 1 fully saturated rings. The minimum absolute atomic E-state index is 0.161. The Hall–Kier alpha value is -1.00. The van der Waals surface area contributed by atoms with Crippen LogP contribution in [0.4, 0.5) is 0 Å². The van der Waals surface area contributed by atoms with Gasteiger partial charge in [0.1, 0.15) is 0 Å². The van der Waals surface area contributed by atoms with Gasteiger partial charge in [0, 0.05) is 17.8 Å². The van der Waals surface area contributed by atoms with E-state index >= 15 is 0 Å². The summed E-state index contributed by atoms with van der Waals surface area (Å²) < 4.78 is 4.96. The molecule has 0 amide bonds. The number of hydrogen-bond acceptors (Lipinski definition) is 4. The predicted molar refractivity (Wildman–Crippen MR) is 88.8 cm³/mol. The summed E-state index contributed by atoms with van der Waals surface area (Å²) in [7, 11) is 1.46. The summed E-state index contributed by atoms with van der Waals surface area (Å²) in [4.78, 5) is 12.0. The molecule has 1 N–H and O–H groups in total. The first kappa shape index (κ1) is 16.4.